The van der Waals surface area contributed by atoms with Crippen molar-refractivity contribution in [1.29, 1.82) is 0 Å². The van der Waals surface area contributed by atoms with Crippen LogP contribution in [0.5, 0.6) is 0 Å². The van der Waals surface area contributed by atoms with E-state index in [0.29, 0.717) is 12.2 Å². The molecule has 6 nitrogen and oxygen atoms in total. The molecule has 1 amide bonds. The topological polar surface area (TPSA) is 75.7 Å². The molecule has 0 spiro atoms. The van der Waals surface area contributed by atoms with Crippen molar-refractivity contribution in [3.63, 3.8) is 0 Å². The molecule has 0 fully saturated rings. The smallest absolute Gasteiger partial charge is 0.311 e. The van der Waals surface area contributed by atoms with Gasteiger partial charge in [0.15, 0.2) is 0 Å². The summed E-state index contributed by atoms with van der Waals surface area (Å²) in [6, 6.07) is 9.01. The molecule has 1 N–H and O–H groups in total. The molecule has 0 radical (unpaired) electrons. The maximum absolute atomic E-state index is 11.9. The first-order valence-electron chi connectivity index (χ1n) is 5.99. The molecule has 1 aromatic rings. The molecule has 7 heteroatoms. The number of hydrogen-bond donors (Lipinski definition) is 1. The van der Waals surface area contributed by atoms with Gasteiger partial charge in [0, 0.05) is 18.8 Å². The first-order valence-corrected chi connectivity index (χ1v) is 7.40. The summed E-state index contributed by atoms with van der Waals surface area (Å²) in [6.07, 6.45) is 0. The second-order valence-electron chi connectivity index (χ2n) is 3.69. The van der Waals surface area contributed by atoms with Crippen molar-refractivity contribution in [2.75, 3.05) is 24.6 Å². The van der Waals surface area contributed by atoms with E-state index >= 15 is 0 Å². The number of carbonyl (C=O) groups excluding carboxylic acids is 1. The number of benzene rings is 1. The summed E-state index contributed by atoms with van der Waals surface area (Å²) in [7, 11) is -3.85. The fourth-order valence-corrected chi connectivity index (χ4v) is 2.23. The molecule has 0 aliphatic rings. The largest absolute Gasteiger partial charge is 0.336 e. The van der Waals surface area contributed by atoms with Gasteiger partial charge in [-0.25, -0.2) is 4.18 Å². The molecule has 1 aromatic carbocycles. The van der Waals surface area contributed by atoms with Gasteiger partial charge in [0.25, 0.3) is 5.91 Å². The third-order valence-electron chi connectivity index (χ3n) is 2.34. The van der Waals surface area contributed by atoms with Gasteiger partial charge in [-0.3, -0.25) is 4.79 Å². The van der Waals surface area contributed by atoms with Crippen LogP contribution in [-0.2, 0) is 19.3 Å². The summed E-state index contributed by atoms with van der Waals surface area (Å²) >= 11 is 0. The molecule has 1 rings (SSSR count). The van der Waals surface area contributed by atoms with E-state index in [0.717, 1.165) is 0 Å². The first kappa shape index (κ1) is 15.6. The molecule has 0 aliphatic carbocycles. The van der Waals surface area contributed by atoms with Crippen molar-refractivity contribution in [2.45, 2.75) is 13.8 Å². The minimum atomic E-state index is -3.85. The van der Waals surface area contributed by atoms with E-state index in [9.17, 15) is 13.2 Å². The zero-order valence-corrected chi connectivity index (χ0v) is 11.8. The van der Waals surface area contributed by atoms with Crippen LogP contribution in [0.4, 0.5) is 5.69 Å². The predicted molar refractivity (Wildman–Crippen MR) is 73.0 cm³/mol. The Morgan fingerprint density at radius 2 is 1.89 bits per heavy atom. The van der Waals surface area contributed by atoms with Crippen LogP contribution in [0.3, 0.4) is 0 Å². The second-order valence-corrected chi connectivity index (χ2v) is 5.12. The van der Waals surface area contributed by atoms with Crippen molar-refractivity contribution in [3.8, 4) is 0 Å². The lowest BCUT2D eigenvalue weighted by Crippen LogP contribution is -2.36. The van der Waals surface area contributed by atoms with Gasteiger partial charge in [-0.15, -0.1) is 0 Å². The van der Waals surface area contributed by atoms with Crippen molar-refractivity contribution >= 4 is 21.9 Å². The Balaban J connectivity index is 2.66. The number of hydrogen-bond acceptors (Lipinski definition) is 4. The summed E-state index contributed by atoms with van der Waals surface area (Å²) in [5.74, 6) is -0.407. The van der Waals surface area contributed by atoms with Gasteiger partial charge in [-0.2, -0.15) is 13.1 Å². The summed E-state index contributed by atoms with van der Waals surface area (Å²) in [4.78, 5) is 13.4. The number of rotatable bonds is 7. The number of amides is 1. The Morgan fingerprint density at radius 1 is 1.26 bits per heavy atom. The number of nitrogens with one attached hydrogen (secondary N) is 1. The summed E-state index contributed by atoms with van der Waals surface area (Å²) in [5.41, 5.74) is 0.708. The zero-order valence-electron chi connectivity index (χ0n) is 11.0. The Hall–Kier alpha value is -1.44. The van der Waals surface area contributed by atoms with Crippen LogP contribution < -0.4 is 9.62 Å². The number of carbonyl (C=O) groups is 1. The number of nitrogens with zero attached hydrogens (tertiary/aromatic N) is 1. The van der Waals surface area contributed by atoms with E-state index in [2.05, 4.69) is 8.91 Å². The highest BCUT2D eigenvalue weighted by atomic mass is 32.2. The Labute approximate surface area is 113 Å². The average molecular weight is 286 g/mol. The Kier molecular flexibility index (Phi) is 5.94. The summed E-state index contributed by atoms with van der Waals surface area (Å²) < 4.78 is 29.3. The maximum atomic E-state index is 11.9. The van der Waals surface area contributed by atoms with E-state index in [-0.39, 0.29) is 6.54 Å². The molecule has 19 heavy (non-hydrogen) atoms. The van der Waals surface area contributed by atoms with E-state index in [4.69, 9.17) is 0 Å². The molecular weight excluding hydrogens is 268 g/mol. The van der Waals surface area contributed by atoms with Gasteiger partial charge in [0.1, 0.15) is 6.61 Å². The van der Waals surface area contributed by atoms with Gasteiger partial charge in [-0.1, -0.05) is 25.1 Å². The molecule has 0 heterocycles. The van der Waals surface area contributed by atoms with E-state index < -0.39 is 22.8 Å². The van der Waals surface area contributed by atoms with Crippen LogP contribution in [0.25, 0.3) is 0 Å². The molecule has 0 saturated carbocycles. The number of para-hydroxylation sites is 1. The van der Waals surface area contributed by atoms with Crippen LogP contribution in [0.2, 0.25) is 0 Å². The molecule has 0 atom stereocenters. The molecule has 0 unspecified atom stereocenters. The van der Waals surface area contributed by atoms with Gasteiger partial charge in [-0.05, 0) is 19.1 Å². The van der Waals surface area contributed by atoms with Crippen LogP contribution in [0.15, 0.2) is 30.3 Å². The van der Waals surface area contributed by atoms with Crippen LogP contribution >= 0.6 is 0 Å². The molecule has 0 saturated heterocycles. The zero-order chi connectivity index (χ0) is 14.3. The van der Waals surface area contributed by atoms with Crippen LogP contribution in [0.1, 0.15) is 13.8 Å². The third kappa shape index (κ3) is 4.98. The second kappa shape index (κ2) is 7.22. The fraction of sp³-hybridized carbons (Fsp3) is 0.417. The van der Waals surface area contributed by atoms with Gasteiger partial charge in [0.2, 0.25) is 0 Å². The lowest BCUT2D eigenvalue weighted by atomic mass is 10.3. The lowest BCUT2D eigenvalue weighted by molar-refractivity contribution is -0.120. The molecule has 0 aromatic heterocycles. The molecule has 106 valence electrons. The highest BCUT2D eigenvalue weighted by Gasteiger charge is 2.17. The summed E-state index contributed by atoms with van der Waals surface area (Å²) in [6.45, 7) is 3.58. The van der Waals surface area contributed by atoms with Crippen molar-refractivity contribution in [3.05, 3.63) is 30.3 Å². The number of anilines is 1. The first-order chi connectivity index (χ1) is 9.00. The fourth-order valence-electron chi connectivity index (χ4n) is 1.54. The lowest BCUT2D eigenvalue weighted by Gasteiger charge is -2.20. The average Bonchev–Trinajstić information content (AvgIpc) is 2.39. The van der Waals surface area contributed by atoms with Gasteiger partial charge < -0.3 is 4.90 Å². The quantitative estimate of drug-likeness (QED) is 0.808. The van der Waals surface area contributed by atoms with Crippen LogP contribution in [0, 0.1) is 0 Å². The predicted octanol–water partition coefficient (Wildman–Crippen LogP) is 0.910. The minimum absolute atomic E-state index is 0.215. The van der Waals surface area contributed by atoms with Gasteiger partial charge >= 0.3 is 10.3 Å². The number of likely N-dealkylation sites (N-methyl/N-ethyl adjacent to an activating group) is 1. The van der Waals surface area contributed by atoms with Crippen molar-refractivity contribution in [1.82, 2.24) is 4.72 Å². The third-order valence-corrected chi connectivity index (χ3v) is 3.41. The van der Waals surface area contributed by atoms with Crippen molar-refractivity contribution in [2.24, 2.45) is 0 Å². The standard InChI is InChI=1S/C12H18N2O4S/c1-3-13-19(16,17)18-10-12(15)14(4-2)11-8-6-5-7-9-11/h5-9,13H,3-4,10H2,1-2H3. The molecule has 0 aliphatic heterocycles. The summed E-state index contributed by atoms with van der Waals surface area (Å²) in [5, 5.41) is 0. The monoisotopic (exact) mass is 286 g/mol. The minimum Gasteiger partial charge on any atom is -0.311 e. The Bertz CT molecular complexity index is 502. The Morgan fingerprint density at radius 3 is 2.42 bits per heavy atom. The van der Waals surface area contributed by atoms with Crippen LogP contribution in [-0.4, -0.2) is 34.0 Å². The van der Waals surface area contributed by atoms with Gasteiger partial charge in [0.05, 0.1) is 0 Å². The van der Waals surface area contributed by atoms with Crippen molar-refractivity contribution < 1.29 is 17.4 Å². The van der Waals surface area contributed by atoms with E-state index in [1.807, 2.05) is 25.1 Å². The molecular formula is C12H18N2O4S. The normalized spacial score (nSPS) is 11.3. The highest BCUT2D eigenvalue weighted by Crippen LogP contribution is 2.13. The maximum Gasteiger partial charge on any atom is 0.336 e. The SMILES string of the molecule is CCNS(=O)(=O)OCC(=O)N(CC)c1ccccc1. The molecule has 0 bridgehead atoms. The van der Waals surface area contributed by atoms with E-state index in [1.54, 1.807) is 19.1 Å². The van der Waals surface area contributed by atoms with E-state index in [1.165, 1.54) is 4.90 Å². The highest BCUT2D eigenvalue weighted by molar-refractivity contribution is 7.84.